The molecule has 17 heavy (non-hydrogen) atoms. The fourth-order valence-corrected chi connectivity index (χ4v) is 1.91. The quantitative estimate of drug-likeness (QED) is 0.672. The lowest BCUT2D eigenvalue weighted by atomic mass is 10.0. The Morgan fingerprint density at radius 1 is 1.47 bits per heavy atom. The maximum absolute atomic E-state index is 13.5. The van der Waals surface area contributed by atoms with Gasteiger partial charge < -0.3 is 0 Å². The highest BCUT2D eigenvalue weighted by Gasteiger charge is 2.15. The third kappa shape index (κ3) is 2.54. The first-order chi connectivity index (χ1) is 8.11. The highest BCUT2D eigenvalue weighted by atomic mass is 79.9. The number of aromatic nitrogens is 2. The van der Waals surface area contributed by atoms with Crippen molar-refractivity contribution in [2.24, 2.45) is 12.9 Å². The van der Waals surface area contributed by atoms with E-state index >= 15 is 0 Å². The molecule has 0 aliphatic heterocycles. The van der Waals surface area contributed by atoms with Gasteiger partial charge in [-0.1, -0.05) is 6.07 Å². The molecule has 0 spiro atoms. The second-order valence-corrected chi connectivity index (χ2v) is 4.57. The number of hydrazine groups is 1. The number of nitrogens with two attached hydrogens (primary N) is 1. The standard InChI is InChI=1S/C11H12BrFN4/c1-17-6-8(5-15-17)11(16-14)7-2-3-9(12)10(13)4-7/h2-6,11,16H,14H2,1H3. The van der Waals surface area contributed by atoms with Crippen molar-refractivity contribution in [3.05, 3.63) is 52.0 Å². The molecule has 0 amide bonds. The summed E-state index contributed by atoms with van der Waals surface area (Å²) in [5.74, 6) is 5.20. The summed E-state index contributed by atoms with van der Waals surface area (Å²) >= 11 is 3.12. The summed E-state index contributed by atoms with van der Waals surface area (Å²) in [7, 11) is 1.82. The van der Waals surface area contributed by atoms with Gasteiger partial charge in [-0.15, -0.1) is 0 Å². The van der Waals surface area contributed by atoms with E-state index in [0.717, 1.165) is 11.1 Å². The fraction of sp³-hybridized carbons (Fsp3) is 0.182. The van der Waals surface area contributed by atoms with Gasteiger partial charge in [-0.25, -0.2) is 9.82 Å². The maximum atomic E-state index is 13.5. The topological polar surface area (TPSA) is 55.9 Å². The first kappa shape index (κ1) is 12.2. The third-order valence-electron chi connectivity index (χ3n) is 2.50. The first-order valence-corrected chi connectivity index (χ1v) is 5.80. The zero-order chi connectivity index (χ0) is 12.4. The predicted octanol–water partition coefficient (Wildman–Crippen LogP) is 1.87. The largest absolute Gasteiger partial charge is 0.275 e. The van der Waals surface area contributed by atoms with Gasteiger partial charge in [-0.3, -0.25) is 10.5 Å². The monoisotopic (exact) mass is 298 g/mol. The molecule has 0 aliphatic rings. The molecule has 2 rings (SSSR count). The van der Waals surface area contributed by atoms with Crippen LogP contribution in [0.2, 0.25) is 0 Å². The van der Waals surface area contributed by atoms with Crippen LogP contribution in [0.15, 0.2) is 35.1 Å². The van der Waals surface area contributed by atoms with Crippen molar-refractivity contribution in [3.63, 3.8) is 0 Å². The molecule has 90 valence electrons. The minimum Gasteiger partial charge on any atom is -0.275 e. The van der Waals surface area contributed by atoms with Crippen LogP contribution in [-0.2, 0) is 7.05 Å². The number of hydrogen-bond acceptors (Lipinski definition) is 3. The van der Waals surface area contributed by atoms with E-state index in [1.165, 1.54) is 6.07 Å². The van der Waals surface area contributed by atoms with Crippen LogP contribution in [0.1, 0.15) is 17.2 Å². The van der Waals surface area contributed by atoms with Crippen LogP contribution < -0.4 is 11.3 Å². The molecule has 2 aromatic rings. The Bertz CT molecular complexity index is 526. The number of hydrogen-bond donors (Lipinski definition) is 2. The Balaban J connectivity index is 2.38. The molecule has 1 unspecified atom stereocenters. The molecule has 0 saturated heterocycles. The van der Waals surface area contributed by atoms with Crippen LogP contribution in [0, 0.1) is 5.82 Å². The van der Waals surface area contributed by atoms with Gasteiger partial charge in [-0.2, -0.15) is 5.10 Å². The summed E-state index contributed by atoms with van der Waals surface area (Å²) < 4.78 is 15.6. The van der Waals surface area contributed by atoms with Crippen LogP contribution >= 0.6 is 15.9 Å². The smallest absolute Gasteiger partial charge is 0.137 e. The fourth-order valence-electron chi connectivity index (χ4n) is 1.67. The van der Waals surface area contributed by atoms with E-state index in [2.05, 4.69) is 26.5 Å². The van der Waals surface area contributed by atoms with Gasteiger partial charge in [0.05, 0.1) is 16.7 Å². The van der Waals surface area contributed by atoms with Crippen molar-refractivity contribution in [3.8, 4) is 0 Å². The lowest BCUT2D eigenvalue weighted by molar-refractivity contribution is 0.600. The van der Waals surface area contributed by atoms with Gasteiger partial charge in [0.15, 0.2) is 0 Å². The number of nitrogens with zero attached hydrogens (tertiary/aromatic N) is 2. The van der Waals surface area contributed by atoms with E-state index in [1.807, 2.05) is 19.3 Å². The van der Waals surface area contributed by atoms with Crippen molar-refractivity contribution in [1.29, 1.82) is 0 Å². The molecule has 1 heterocycles. The van der Waals surface area contributed by atoms with Crippen LogP contribution in [0.4, 0.5) is 4.39 Å². The Hall–Kier alpha value is -1.24. The zero-order valence-corrected chi connectivity index (χ0v) is 10.8. The summed E-state index contributed by atoms with van der Waals surface area (Å²) in [5, 5.41) is 4.07. The Kier molecular flexibility index (Phi) is 3.56. The molecule has 0 fully saturated rings. The van der Waals surface area contributed by atoms with Crippen LogP contribution in [0.5, 0.6) is 0 Å². The van der Waals surface area contributed by atoms with Gasteiger partial charge in [0.1, 0.15) is 5.82 Å². The van der Waals surface area contributed by atoms with E-state index in [1.54, 1.807) is 16.9 Å². The van der Waals surface area contributed by atoms with Gasteiger partial charge >= 0.3 is 0 Å². The summed E-state index contributed by atoms with van der Waals surface area (Å²) in [6.45, 7) is 0. The minimum atomic E-state index is -0.313. The van der Waals surface area contributed by atoms with E-state index < -0.39 is 0 Å². The summed E-state index contributed by atoms with van der Waals surface area (Å²) in [5.41, 5.74) is 4.30. The van der Waals surface area contributed by atoms with Crippen LogP contribution in [-0.4, -0.2) is 9.78 Å². The van der Waals surface area contributed by atoms with E-state index in [-0.39, 0.29) is 11.9 Å². The molecule has 0 bridgehead atoms. The normalized spacial score (nSPS) is 12.7. The molecule has 3 N–H and O–H groups in total. The van der Waals surface area contributed by atoms with Crippen LogP contribution in [0.3, 0.4) is 0 Å². The highest BCUT2D eigenvalue weighted by Crippen LogP contribution is 2.24. The molecule has 6 heteroatoms. The van der Waals surface area contributed by atoms with Crippen molar-refractivity contribution in [1.82, 2.24) is 15.2 Å². The summed E-state index contributed by atoms with van der Waals surface area (Å²) in [4.78, 5) is 0. The predicted molar refractivity (Wildman–Crippen MR) is 66.5 cm³/mol. The lowest BCUT2D eigenvalue weighted by Crippen LogP contribution is -2.28. The van der Waals surface area contributed by atoms with Crippen molar-refractivity contribution < 1.29 is 4.39 Å². The average molecular weight is 299 g/mol. The molecule has 0 radical (unpaired) electrons. The van der Waals surface area contributed by atoms with Crippen molar-refractivity contribution >= 4 is 15.9 Å². The highest BCUT2D eigenvalue weighted by molar-refractivity contribution is 9.10. The van der Waals surface area contributed by atoms with E-state index in [0.29, 0.717) is 4.47 Å². The van der Waals surface area contributed by atoms with Gasteiger partial charge in [0.25, 0.3) is 0 Å². The second-order valence-electron chi connectivity index (χ2n) is 3.72. The number of nitrogens with one attached hydrogen (secondary N) is 1. The average Bonchev–Trinajstić information content (AvgIpc) is 2.71. The Morgan fingerprint density at radius 2 is 2.24 bits per heavy atom. The van der Waals surface area contributed by atoms with E-state index in [4.69, 9.17) is 5.84 Å². The molecule has 1 aromatic heterocycles. The summed E-state index contributed by atoms with van der Waals surface area (Å²) in [6.07, 6.45) is 3.54. The Morgan fingerprint density at radius 3 is 2.76 bits per heavy atom. The van der Waals surface area contributed by atoms with Crippen molar-refractivity contribution in [2.75, 3.05) is 0 Å². The Labute approximate surface area is 107 Å². The third-order valence-corrected chi connectivity index (χ3v) is 3.14. The molecule has 4 nitrogen and oxygen atoms in total. The minimum absolute atomic E-state index is 0.272. The molecule has 0 aliphatic carbocycles. The molecular formula is C11H12BrFN4. The lowest BCUT2D eigenvalue weighted by Gasteiger charge is -2.14. The van der Waals surface area contributed by atoms with Crippen molar-refractivity contribution in [2.45, 2.75) is 6.04 Å². The second kappa shape index (κ2) is 4.95. The van der Waals surface area contributed by atoms with E-state index in [9.17, 15) is 4.39 Å². The molecule has 1 aromatic carbocycles. The number of rotatable bonds is 3. The maximum Gasteiger partial charge on any atom is 0.137 e. The molecule has 0 saturated carbocycles. The summed E-state index contributed by atoms with van der Waals surface area (Å²) in [6, 6.07) is 4.64. The SMILES string of the molecule is Cn1cc(C(NN)c2ccc(Br)c(F)c2)cn1. The van der Waals surface area contributed by atoms with Gasteiger partial charge in [0.2, 0.25) is 0 Å². The zero-order valence-electron chi connectivity index (χ0n) is 9.19. The van der Waals surface area contributed by atoms with Gasteiger partial charge in [0, 0.05) is 18.8 Å². The molecular weight excluding hydrogens is 287 g/mol. The number of halogens is 2. The molecule has 1 atom stereocenters. The van der Waals surface area contributed by atoms with Crippen LogP contribution in [0.25, 0.3) is 0 Å². The van der Waals surface area contributed by atoms with Gasteiger partial charge in [-0.05, 0) is 33.6 Å². The number of aryl methyl sites for hydroxylation is 1. The first-order valence-electron chi connectivity index (χ1n) is 5.01. The number of benzene rings is 1.